The summed E-state index contributed by atoms with van der Waals surface area (Å²) < 4.78 is 24.0. The van der Waals surface area contributed by atoms with E-state index in [9.17, 15) is 14.0 Å². The van der Waals surface area contributed by atoms with Crippen LogP contribution in [0.25, 0.3) is 0 Å². The summed E-state index contributed by atoms with van der Waals surface area (Å²) in [5, 5.41) is 2.92. The molecule has 0 aliphatic carbocycles. The summed E-state index contributed by atoms with van der Waals surface area (Å²) >= 11 is 0. The lowest BCUT2D eigenvalue weighted by atomic mass is 10.1. The van der Waals surface area contributed by atoms with Crippen molar-refractivity contribution in [2.45, 2.75) is 39.4 Å². The van der Waals surface area contributed by atoms with Crippen molar-refractivity contribution in [3.8, 4) is 11.5 Å². The molecule has 1 atom stereocenters. The summed E-state index contributed by atoms with van der Waals surface area (Å²) in [6.45, 7) is 4.23. The van der Waals surface area contributed by atoms with Crippen LogP contribution in [0.5, 0.6) is 11.5 Å². The van der Waals surface area contributed by atoms with Crippen LogP contribution in [0, 0.1) is 12.7 Å². The SMILES string of the molecule is COc1ccc(CC(=O)N(Cc2ccc(F)cc2)[C@@H](C)C(=O)NCc2ccc(C)cc2)cc1OC. The van der Waals surface area contributed by atoms with E-state index in [1.165, 1.54) is 24.1 Å². The molecule has 0 aliphatic heterocycles. The summed E-state index contributed by atoms with van der Waals surface area (Å²) in [6.07, 6.45) is 0.0666. The second-order valence-corrected chi connectivity index (χ2v) is 8.39. The molecule has 184 valence electrons. The highest BCUT2D eigenvalue weighted by Crippen LogP contribution is 2.28. The van der Waals surface area contributed by atoms with E-state index >= 15 is 0 Å². The molecule has 0 unspecified atom stereocenters. The Morgan fingerprint density at radius 2 is 1.49 bits per heavy atom. The first-order valence-electron chi connectivity index (χ1n) is 11.4. The molecule has 6 nitrogen and oxygen atoms in total. The number of methoxy groups -OCH3 is 2. The zero-order valence-electron chi connectivity index (χ0n) is 20.5. The van der Waals surface area contributed by atoms with Crippen molar-refractivity contribution in [1.82, 2.24) is 10.2 Å². The van der Waals surface area contributed by atoms with Crippen molar-refractivity contribution >= 4 is 11.8 Å². The zero-order chi connectivity index (χ0) is 25.4. The van der Waals surface area contributed by atoms with E-state index in [1.807, 2.05) is 31.2 Å². The van der Waals surface area contributed by atoms with Crippen LogP contribution in [-0.4, -0.2) is 37.0 Å². The average Bonchev–Trinajstić information content (AvgIpc) is 2.87. The third-order valence-corrected chi connectivity index (χ3v) is 5.82. The average molecular weight is 479 g/mol. The lowest BCUT2D eigenvalue weighted by molar-refractivity contribution is -0.140. The van der Waals surface area contributed by atoms with Gasteiger partial charge in [-0.05, 0) is 54.8 Å². The molecular formula is C28H31FN2O4. The van der Waals surface area contributed by atoms with Gasteiger partial charge >= 0.3 is 0 Å². The molecule has 0 fully saturated rings. The van der Waals surface area contributed by atoms with Crippen LogP contribution in [0.1, 0.15) is 29.2 Å². The van der Waals surface area contributed by atoms with Crippen molar-refractivity contribution < 1.29 is 23.5 Å². The highest BCUT2D eigenvalue weighted by Gasteiger charge is 2.26. The van der Waals surface area contributed by atoms with Crippen LogP contribution in [0.15, 0.2) is 66.7 Å². The fraction of sp³-hybridized carbons (Fsp3) is 0.286. The minimum absolute atomic E-state index is 0.0666. The van der Waals surface area contributed by atoms with Gasteiger partial charge in [0.25, 0.3) is 0 Å². The van der Waals surface area contributed by atoms with Gasteiger partial charge in [0.05, 0.1) is 20.6 Å². The normalized spacial score (nSPS) is 11.5. The van der Waals surface area contributed by atoms with Gasteiger partial charge in [0, 0.05) is 13.1 Å². The quantitative estimate of drug-likeness (QED) is 0.468. The minimum Gasteiger partial charge on any atom is -0.493 e. The Kier molecular flexibility index (Phi) is 8.84. The Labute approximate surface area is 205 Å². The van der Waals surface area contributed by atoms with Crippen molar-refractivity contribution in [2.24, 2.45) is 0 Å². The van der Waals surface area contributed by atoms with Crippen molar-refractivity contribution in [1.29, 1.82) is 0 Å². The summed E-state index contributed by atoms with van der Waals surface area (Å²) in [7, 11) is 3.08. The number of ether oxygens (including phenoxy) is 2. The fourth-order valence-corrected chi connectivity index (χ4v) is 3.68. The van der Waals surface area contributed by atoms with Crippen molar-refractivity contribution in [2.75, 3.05) is 14.2 Å². The maximum Gasteiger partial charge on any atom is 0.242 e. The molecule has 0 saturated carbocycles. The molecule has 0 saturated heterocycles. The zero-order valence-corrected chi connectivity index (χ0v) is 20.5. The third kappa shape index (κ3) is 7.06. The van der Waals surface area contributed by atoms with Gasteiger partial charge in [-0.2, -0.15) is 0 Å². The highest BCUT2D eigenvalue weighted by atomic mass is 19.1. The topological polar surface area (TPSA) is 67.9 Å². The Hall–Kier alpha value is -3.87. The van der Waals surface area contributed by atoms with Gasteiger partial charge in [-0.25, -0.2) is 4.39 Å². The number of rotatable bonds is 10. The van der Waals surface area contributed by atoms with Gasteiger partial charge in [-0.15, -0.1) is 0 Å². The third-order valence-electron chi connectivity index (χ3n) is 5.82. The van der Waals surface area contributed by atoms with E-state index in [-0.39, 0.29) is 30.6 Å². The monoisotopic (exact) mass is 478 g/mol. The molecule has 7 heteroatoms. The fourth-order valence-electron chi connectivity index (χ4n) is 3.68. The van der Waals surface area contributed by atoms with E-state index in [2.05, 4.69) is 5.32 Å². The molecule has 35 heavy (non-hydrogen) atoms. The number of carbonyl (C=O) groups is 2. The minimum atomic E-state index is -0.738. The summed E-state index contributed by atoms with van der Waals surface area (Å²) in [5.41, 5.74) is 3.56. The predicted molar refractivity (Wildman–Crippen MR) is 133 cm³/mol. The standard InChI is InChI=1S/C28H31FN2O4/c1-19-5-7-21(8-6-19)17-30-28(33)20(2)31(18-22-9-12-24(29)13-10-22)27(32)16-23-11-14-25(34-3)26(15-23)35-4/h5-15,20H,16-18H2,1-4H3,(H,30,33)/t20-/m0/s1. The van der Waals surface area contributed by atoms with E-state index in [4.69, 9.17) is 9.47 Å². The van der Waals surface area contributed by atoms with Crippen molar-refractivity contribution in [3.05, 3.63) is 94.8 Å². The number of hydrogen-bond donors (Lipinski definition) is 1. The Bertz CT molecular complexity index is 1150. The Morgan fingerprint density at radius 3 is 2.11 bits per heavy atom. The molecule has 0 aromatic heterocycles. The number of benzene rings is 3. The summed E-state index contributed by atoms with van der Waals surface area (Å²) in [5.74, 6) is 0.219. The first kappa shape index (κ1) is 25.7. The molecule has 3 aromatic carbocycles. The number of nitrogens with zero attached hydrogens (tertiary/aromatic N) is 1. The Morgan fingerprint density at radius 1 is 0.886 bits per heavy atom. The molecule has 0 bridgehead atoms. The van der Waals surface area contributed by atoms with Crippen LogP contribution in [-0.2, 0) is 29.1 Å². The van der Waals surface area contributed by atoms with E-state index < -0.39 is 6.04 Å². The van der Waals surface area contributed by atoms with Gasteiger partial charge in [0.1, 0.15) is 11.9 Å². The number of hydrogen-bond acceptors (Lipinski definition) is 4. The lowest BCUT2D eigenvalue weighted by Crippen LogP contribution is -2.48. The maximum atomic E-state index is 13.4. The largest absolute Gasteiger partial charge is 0.493 e. The number of aryl methyl sites for hydroxylation is 1. The van der Waals surface area contributed by atoms with Crippen LogP contribution >= 0.6 is 0 Å². The van der Waals surface area contributed by atoms with E-state index in [0.29, 0.717) is 18.0 Å². The van der Waals surface area contributed by atoms with Gasteiger partial charge in [0.2, 0.25) is 11.8 Å². The lowest BCUT2D eigenvalue weighted by Gasteiger charge is -2.29. The van der Waals surface area contributed by atoms with E-state index in [1.54, 1.807) is 44.4 Å². The van der Waals surface area contributed by atoms with E-state index in [0.717, 1.165) is 22.3 Å². The van der Waals surface area contributed by atoms with Crippen LogP contribution in [0.2, 0.25) is 0 Å². The molecular weight excluding hydrogens is 447 g/mol. The first-order chi connectivity index (χ1) is 16.8. The maximum absolute atomic E-state index is 13.4. The van der Waals surface area contributed by atoms with Gasteiger partial charge < -0.3 is 19.7 Å². The van der Waals surface area contributed by atoms with Crippen LogP contribution in [0.3, 0.4) is 0 Å². The van der Waals surface area contributed by atoms with Gasteiger partial charge in [-0.1, -0.05) is 48.0 Å². The summed E-state index contributed by atoms with van der Waals surface area (Å²) in [6, 6.07) is 18.3. The van der Waals surface area contributed by atoms with Gasteiger partial charge in [-0.3, -0.25) is 9.59 Å². The Balaban J connectivity index is 1.77. The number of carbonyl (C=O) groups excluding carboxylic acids is 2. The van der Waals surface area contributed by atoms with Crippen molar-refractivity contribution in [3.63, 3.8) is 0 Å². The molecule has 0 radical (unpaired) electrons. The van der Waals surface area contributed by atoms with Gasteiger partial charge in [0.15, 0.2) is 11.5 Å². The first-order valence-corrected chi connectivity index (χ1v) is 11.4. The molecule has 1 N–H and O–H groups in total. The molecule has 2 amide bonds. The highest BCUT2D eigenvalue weighted by molar-refractivity contribution is 5.88. The molecule has 3 aromatic rings. The molecule has 3 rings (SSSR count). The smallest absolute Gasteiger partial charge is 0.242 e. The molecule has 0 aliphatic rings. The van der Waals surface area contributed by atoms with Crippen LogP contribution < -0.4 is 14.8 Å². The molecule has 0 heterocycles. The predicted octanol–water partition coefficient (Wildman–Crippen LogP) is 4.43. The second kappa shape index (κ2) is 12.0. The number of amides is 2. The second-order valence-electron chi connectivity index (χ2n) is 8.39. The molecule has 0 spiro atoms. The number of halogens is 1. The summed E-state index contributed by atoms with van der Waals surface area (Å²) in [4.78, 5) is 27.9. The van der Waals surface area contributed by atoms with Crippen LogP contribution in [0.4, 0.5) is 4.39 Å². The number of nitrogens with one attached hydrogen (secondary N) is 1.